The number of hydrogen-bond donors (Lipinski definition) is 0. The largest absolute Gasteiger partial charge is 0.497 e. The predicted molar refractivity (Wildman–Crippen MR) is 135 cm³/mol. The number of aromatic nitrogens is 1. The Balaban J connectivity index is 1.19. The van der Waals surface area contributed by atoms with Crippen LogP contribution in [0.1, 0.15) is 30.9 Å². The first kappa shape index (κ1) is 22.1. The van der Waals surface area contributed by atoms with E-state index in [1.54, 1.807) is 37.4 Å². The summed E-state index contributed by atoms with van der Waals surface area (Å²) < 4.78 is 17.2. The fourth-order valence-electron chi connectivity index (χ4n) is 4.61. The Bertz CT molecular complexity index is 1360. The van der Waals surface area contributed by atoms with Gasteiger partial charge in [0.2, 0.25) is 5.88 Å². The second-order valence-electron chi connectivity index (χ2n) is 9.11. The van der Waals surface area contributed by atoms with Gasteiger partial charge in [-0.1, -0.05) is 18.2 Å². The average molecular weight is 484 g/mol. The second kappa shape index (κ2) is 8.67. The van der Waals surface area contributed by atoms with Crippen molar-refractivity contribution in [3.05, 3.63) is 71.9 Å². The zero-order chi connectivity index (χ0) is 24.7. The minimum atomic E-state index is -0.447. The molecule has 0 atom stereocenters. The topological polar surface area (TPSA) is 88.9 Å². The molecule has 36 heavy (non-hydrogen) atoms. The van der Waals surface area contributed by atoms with E-state index >= 15 is 0 Å². The molecule has 2 amide bonds. The maximum atomic E-state index is 12.8. The Morgan fingerprint density at radius 2 is 1.92 bits per heavy atom. The average Bonchev–Trinajstić information content (AvgIpc) is 3.60. The summed E-state index contributed by atoms with van der Waals surface area (Å²) in [7, 11) is 1.63. The van der Waals surface area contributed by atoms with Crippen LogP contribution in [0.5, 0.6) is 23.1 Å². The highest BCUT2D eigenvalue weighted by molar-refractivity contribution is 6.17. The molecule has 0 saturated heterocycles. The van der Waals surface area contributed by atoms with E-state index in [1.165, 1.54) is 11.2 Å². The van der Waals surface area contributed by atoms with Crippen molar-refractivity contribution in [3.63, 3.8) is 0 Å². The molecule has 0 radical (unpaired) electrons. The number of ether oxygens (including phenoxy) is 3. The quantitative estimate of drug-likeness (QED) is 0.484. The number of amidine groups is 1. The van der Waals surface area contributed by atoms with E-state index in [0.29, 0.717) is 30.6 Å². The van der Waals surface area contributed by atoms with E-state index in [1.807, 2.05) is 42.5 Å². The van der Waals surface area contributed by atoms with Gasteiger partial charge in [0.1, 0.15) is 29.4 Å². The Morgan fingerprint density at radius 1 is 1.08 bits per heavy atom. The molecule has 2 aromatic carbocycles. The van der Waals surface area contributed by atoms with Gasteiger partial charge in [-0.15, -0.1) is 0 Å². The SMILES string of the molecule is COc1ccc(CN2C=NC(=O)N(c3ccc(Oc4cccc5c4C4(CC4)CO5)nc3)C(C)=N2)cc1. The first-order chi connectivity index (χ1) is 17.5. The number of carbonyl (C=O) groups is 1. The zero-order valence-electron chi connectivity index (χ0n) is 20.0. The van der Waals surface area contributed by atoms with Gasteiger partial charge in [-0.05, 0) is 55.7 Å². The fourth-order valence-corrected chi connectivity index (χ4v) is 4.61. The summed E-state index contributed by atoms with van der Waals surface area (Å²) in [5.74, 6) is 3.36. The van der Waals surface area contributed by atoms with E-state index in [9.17, 15) is 4.79 Å². The molecule has 6 rings (SSSR count). The molecule has 0 unspecified atom stereocenters. The molecule has 2 aliphatic heterocycles. The van der Waals surface area contributed by atoms with Gasteiger partial charge in [0.25, 0.3) is 0 Å². The lowest BCUT2D eigenvalue weighted by Crippen LogP contribution is -2.32. The summed E-state index contributed by atoms with van der Waals surface area (Å²) in [6.07, 6.45) is 5.25. The molecule has 3 aliphatic rings. The van der Waals surface area contributed by atoms with Crippen molar-refractivity contribution in [1.29, 1.82) is 0 Å². The van der Waals surface area contributed by atoms with Crippen LogP contribution < -0.4 is 19.1 Å². The van der Waals surface area contributed by atoms with Crippen LogP contribution in [0.15, 0.2) is 70.9 Å². The summed E-state index contributed by atoms with van der Waals surface area (Å²) in [5.41, 5.74) is 2.78. The molecule has 1 aliphatic carbocycles. The zero-order valence-corrected chi connectivity index (χ0v) is 20.0. The summed E-state index contributed by atoms with van der Waals surface area (Å²) in [5, 5.41) is 6.21. The molecular weight excluding hydrogens is 458 g/mol. The molecule has 1 spiro atoms. The van der Waals surface area contributed by atoms with Gasteiger partial charge in [-0.2, -0.15) is 10.1 Å². The monoisotopic (exact) mass is 483 g/mol. The van der Waals surface area contributed by atoms with Crippen molar-refractivity contribution in [2.75, 3.05) is 18.6 Å². The van der Waals surface area contributed by atoms with E-state index in [2.05, 4.69) is 15.1 Å². The van der Waals surface area contributed by atoms with E-state index in [4.69, 9.17) is 14.2 Å². The van der Waals surface area contributed by atoms with Crippen molar-refractivity contribution < 1.29 is 19.0 Å². The maximum absolute atomic E-state index is 12.8. The number of pyridine rings is 1. The van der Waals surface area contributed by atoms with Crippen LogP contribution in [0, 0.1) is 0 Å². The summed E-state index contributed by atoms with van der Waals surface area (Å²) in [6.45, 7) is 2.94. The molecule has 0 bridgehead atoms. The van der Waals surface area contributed by atoms with Crippen LogP contribution in [0.25, 0.3) is 0 Å². The van der Waals surface area contributed by atoms with Crippen molar-refractivity contribution in [3.8, 4) is 23.1 Å². The number of fused-ring (bicyclic) bond motifs is 2. The third-order valence-corrected chi connectivity index (χ3v) is 6.66. The number of benzene rings is 2. The number of anilines is 1. The highest BCUT2D eigenvalue weighted by atomic mass is 16.5. The number of aliphatic imine (C=N–C) groups is 1. The van der Waals surface area contributed by atoms with Crippen molar-refractivity contribution in [2.24, 2.45) is 10.1 Å². The van der Waals surface area contributed by atoms with Crippen LogP contribution in [-0.2, 0) is 12.0 Å². The number of methoxy groups -OCH3 is 1. The third kappa shape index (κ3) is 4.02. The molecule has 9 nitrogen and oxygen atoms in total. The highest BCUT2D eigenvalue weighted by Crippen LogP contribution is 2.58. The molecule has 1 fully saturated rings. The standard InChI is InChI=1S/C27H25N5O4/c1-18-30-31(15-19-6-9-21(34-2)10-7-19)17-29-26(33)32(18)20-8-11-24(28-14-20)36-23-5-3-4-22-25(23)27(12-13-27)16-35-22/h3-11,14,17H,12-13,15-16H2,1-2H3. The number of amides is 2. The predicted octanol–water partition coefficient (Wildman–Crippen LogP) is 5.11. The van der Waals surface area contributed by atoms with Crippen molar-refractivity contribution in [1.82, 2.24) is 9.99 Å². The second-order valence-corrected chi connectivity index (χ2v) is 9.11. The minimum absolute atomic E-state index is 0.0909. The van der Waals surface area contributed by atoms with Crippen LogP contribution in [-0.4, -0.2) is 41.9 Å². The molecular formula is C27H25N5O4. The van der Waals surface area contributed by atoms with Crippen LogP contribution >= 0.6 is 0 Å². The van der Waals surface area contributed by atoms with Crippen molar-refractivity contribution in [2.45, 2.75) is 31.7 Å². The molecule has 3 aromatic rings. The number of carbonyl (C=O) groups excluding carboxylic acids is 1. The van der Waals surface area contributed by atoms with Crippen LogP contribution in [0.3, 0.4) is 0 Å². The number of urea groups is 1. The van der Waals surface area contributed by atoms with Gasteiger partial charge < -0.3 is 14.2 Å². The van der Waals surface area contributed by atoms with Crippen LogP contribution in [0.4, 0.5) is 10.5 Å². The smallest absolute Gasteiger partial charge is 0.355 e. The van der Waals surface area contributed by atoms with E-state index in [-0.39, 0.29) is 5.41 Å². The number of hydrogen-bond acceptors (Lipinski definition) is 7. The maximum Gasteiger partial charge on any atom is 0.355 e. The molecule has 1 saturated carbocycles. The van der Waals surface area contributed by atoms with Gasteiger partial charge in [0.15, 0.2) is 0 Å². The number of hydrazone groups is 1. The minimum Gasteiger partial charge on any atom is -0.497 e. The molecule has 1 aromatic heterocycles. The number of nitrogens with zero attached hydrogens (tertiary/aromatic N) is 5. The summed E-state index contributed by atoms with van der Waals surface area (Å²) in [6, 6.07) is 16.6. The summed E-state index contributed by atoms with van der Waals surface area (Å²) in [4.78, 5) is 22.8. The number of rotatable bonds is 6. The lowest BCUT2D eigenvalue weighted by atomic mass is 9.97. The first-order valence-electron chi connectivity index (χ1n) is 11.8. The summed E-state index contributed by atoms with van der Waals surface area (Å²) >= 11 is 0. The highest BCUT2D eigenvalue weighted by Gasteiger charge is 2.52. The van der Waals surface area contributed by atoms with E-state index < -0.39 is 6.03 Å². The molecule has 3 heterocycles. The molecule has 0 N–H and O–H groups in total. The lowest BCUT2D eigenvalue weighted by Gasteiger charge is -2.19. The Morgan fingerprint density at radius 3 is 2.64 bits per heavy atom. The van der Waals surface area contributed by atoms with Gasteiger partial charge in [0.05, 0.1) is 32.1 Å². The molecule has 182 valence electrons. The normalized spacial score (nSPS) is 17.4. The fraction of sp³-hybridized carbons (Fsp3) is 0.259. The van der Waals surface area contributed by atoms with Gasteiger partial charge in [-0.3, -0.25) is 0 Å². The Hall–Kier alpha value is -4.40. The van der Waals surface area contributed by atoms with Gasteiger partial charge in [-0.25, -0.2) is 19.7 Å². The van der Waals surface area contributed by atoms with Crippen LogP contribution in [0.2, 0.25) is 0 Å². The van der Waals surface area contributed by atoms with Gasteiger partial charge in [0, 0.05) is 17.0 Å². The third-order valence-electron chi connectivity index (χ3n) is 6.66. The first-order valence-corrected chi connectivity index (χ1v) is 11.8. The Labute approximate surface area is 208 Å². The molecule has 9 heteroatoms. The Kier molecular flexibility index (Phi) is 5.32. The van der Waals surface area contributed by atoms with Crippen molar-refractivity contribution >= 4 is 23.9 Å². The lowest BCUT2D eigenvalue weighted by molar-refractivity contribution is 0.257. The van der Waals surface area contributed by atoms with Gasteiger partial charge >= 0.3 is 6.03 Å². The van der Waals surface area contributed by atoms with E-state index in [0.717, 1.165) is 41.2 Å².